The Kier molecular flexibility index (Phi) is 11.4. The molecule has 0 heterocycles. The van der Waals surface area contributed by atoms with Gasteiger partial charge in [0.15, 0.2) is 0 Å². The van der Waals surface area contributed by atoms with Crippen LogP contribution < -0.4 is 0 Å². The van der Waals surface area contributed by atoms with E-state index < -0.39 is 0 Å². The Hall–Kier alpha value is -0.120. The van der Waals surface area contributed by atoms with Crippen LogP contribution in [0.15, 0.2) is 0 Å². The first-order valence-corrected chi connectivity index (χ1v) is 8.74. The van der Waals surface area contributed by atoms with Gasteiger partial charge in [-0.05, 0) is 85.2 Å². The standard InChI is InChI=1S/C18H40N2O/c1-8-17(9-2)21-16-18(3,12-10-14-19(4)5)13-11-15-20(6)7/h17H,8-16H2,1-7H3. The van der Waals surface area contributed by atoms with Gasteiger partial charge in [-0.15, -0.1) is 0 Å². The minimum atomic E-state index is 0.328. The molecule has 21 heavy (non-hydrogen) atoms. The molecule has 0 bridgehead atoms. The number of ether oxygens (including phenoxy) is 1. The van der Waals surface area contributed by atoms with Crippen molar-refractivity contribution < 1.29 is 4.74 Å². The summed E-state index contributed by atoms with van der Waals surface area (Å²) in [4.78, 5) is 4.56. The third-order valence-electron chi connectivity index (χ3n) is 4.35. The van der Waals surface area contributed by atoms with Crippen LogP contribution in [0, 0.1) is 5.41 Å². The molecule has 0 saturated heterocycles. The van der Waals surface area contributed by atoms with E-state index in [1.807, 2.05) is 0 Å². The van der Waals surface area contributed by atoms with Crippen LogP contribution in [0.5, 0.6) is 0 Å². The second kappa shape index (κ2) is 11.4. The van der Waals surface area contributed by atoms with Gasteiger partial charge in [-0.25, -0.2) is 0 Å². The second-order valence-electron chi connectivity index (χ2n) is 7.37. The van der Waals surface area contributed by atoms with E-state index in [-0.39, 0.29) is 0 Å². The summed E-state index contributed by atoms with van der Waals surface area (Å²) in [7, 11) is 8.63. The molecule has 0 aromatic rings. The van der Waals surface area contributed by atoms with E-state index in [2.05, 4.69) is 58.8 Å². The molecule has 128 valence electrons. The third kappa shape index (κ3) is 11.1. The molecule has 0 aromatic heterocycles. The Bertz CT molecular complexity index is 223. The minimum absolute atomic E-state index is 0.328. The highest BCUT2D eigenvalue weighted by Gasteiger charge is 2.25. The van der Waals surface area contributed by atoms with Crippen molar-refractivity contribution in [2.45, 2.75) is 65.4 Å². The highest BCUT2D eigenvalue weighted by atomic mass is 16.5. The molecule has 0 aromatic carbocycles. The van der Waals surface area contributed by atoms with E-state index in [1.165, 1.54) is 38.8 Å². The Morgan fingerprint density at radius 2 is 1.29 bits per heavy atom. The first kappa shape index (κ1) is 20.9. The molecule has 0 amide bonds. The normalized spacial score (nSPS) is 12.9. The molecular weight excluding hydrogens is 260 g/mol. The Labute approximate surface area is 134 Å². The highest BCUT2D eigenvalue weighted by Crippen LogP contribution is 2.30. The number of rotatable bonds is 13. The minimum Gasteiger partial charge on any atom is -0.378 e. The van der Waals surface area contributed by atoms with Gasteiger partial charge < -0.3 is 14.5 Å². The summed E-state index contributed by atoms with van der Waals surface area (Å²) in [5, 5.41) is 0. The van der Waals surface area contributed by atoms with Gasteiger partial charge in [0.1, 0.15) is 0 Å². The van der Waals surface area contributed by atoms with Gasteiger partial charge >= 0.3 is 0 Å². The van der Waals surface area contributed by atoms with Crippen molar-refractivity contribution in [3.63, 3.8) is 0 Å². The Morgan fingerprint density at radius 3 is 1.62 bits per heavy atom. The molecule has 0 aliphatic heterocycles. The van der Waals surface area contributed by atoms with Crippen LogP contribution in [0.3, 0.4) is 0 Å². The molecule has 3 heteroatoms. The predicted octanol–water partition coefficient (Wildman–Crippen LogP) is 3.88. The first-order valence-electron chi connectivity index (χ1n) is 8.74. The van der Waals surface area contributed by atoms with E-state index in [4.69, 9.17) is 4.74 Å². The fraction of sp³-hybridized carbons (Fsp3) is 1.00. The fourth-order valence-corrected chi connectivity index (χ4v) is 2.76. The topological polar surface area (TPSA) is 15.7 Å². The summed E-state index contributed by atoms with van der Waals surface area (Å²) in [6, 6.07) is 0. The van der Waals surface area contributed by atoms with E-state index in [0.29, 0.717) is 11.5 Å². The molecule has 0 spiro atoms. The van der Waals surface area contributed by atoms with Gasteiger partial charge in [0.25, 0.3) is 0 Å². The molecule has 0 radical (unpaired) electrons. The van der Waals surface area contributed by atoms with Crippen LogP contribution in [0.2, 0.25) is 0 Å². The lowest BCUT2D eigenvalue weighted by Crippen LogP contribution is -2.29. The maximum atomic E-state index is 6.19. The SMILES string of the molecule is CCC(CC)OCC(C)(CCCN(C)C)CCCN(C)C. The average Bonchev–Trinajstić information content (AvgIpc) is 2.39. The zero-order valence-corrected chi connectivity index (χ0v) is 15.7. The zero-order valence-electron chi connectivity index (χ0n) is 15.7. The summed E-state index contributed by atoms with van der Waals surface area (Å²) < 4.78 is 6.19. The van der Waals surface area contributed by atoms with Crippen molar-refractivity contribution in [1.82, 2.24) is 9.80 Å². The van der Waals surface area contributed by atoms with Crippen molar-refractivity contribution in [3.8, 4) is 0 Å². The van der Waals surface area contributed by atoms with Crippen molar-refractivity contribution in [2.24, 2.45) is 5.41 Å². The molecule has 0 aliphatic carbocycles. The summed E-state index contributed by atoms with van der Waals surface area (Å²) in [6.45, 7) is 10.1. The van der Waals surface area contributed by atoms with E-state index in [0.717, 1.165) is 19.4 Å². The summed E-state index contributed by atoms with van der Waals surface area (Å²) >= 11 is 0. The van der Waals surface area contributed by atoms with Crippen LogP contribution in [0.1, 0.15) is 59.3 Å². The smallest absolute Gasteiger partial charge is 0.0570 e. The lowest BCUT2D eigenvalue weighted by Gasteiger charge is -2.32. The van der Waals surface area contributed by atoms with Gasteiger partial charge in [-0.3, -0.25) is 0 Å². The van der Waals surface area contributed by atoms with Crippen LogP contribution in [0.25, 0.3) is 0 Å². The Balaban J connectivity index is 4.35. The average molecular weight is 301 g/mol. The highest BCUT2D eigenvalue weighted by molar-refractivity contribution is 4.76. The molecule has 0 N–H and O–H groups in total. The summed E-state index contributed by atoms with van der Waals surface area (Å²) in [5.41, 5.74) is 0.328. The summed E-state index contributed by atoms with van der Waals surface area (Å²) in [5.74, 6) is 0. The largest absolute Gasteiger partial charge is 0.378 e. The fourth-order valence-electron chi connectivity index (χ4n) is 2.76. The monoisotopic (exact) mass is 300 g/mol. The maximum Gasteiger partial charge on any atom is 0.0570 e. The molecule has 0 atom stereocenters. The van der Waals surface area contributed by atoms with Crippen molar-refractivity contribution in [3.05, 3.63) is 0 Å². The maximum absolute atomic E-state index is 6.19. The second-order valence-corrected chi connectivity index (χ2v) is 7.37. The zero-order chi connectivity index (χ0) is 16.3. The first-order chi connectivity index (χ1) is 9.83. The number of hydrogen-bond acceptors (Lipinski definition) is 3. The molecule has 0 saturated carbocycles. The molecule has 0 unspecified atom stereocenters. The van der Waals surface area contributed by atoms with Gasteiger partial charge in [0.2, 0.25) is 0 Å². The van der Waals surface area contributed by atoms with E-state index in [9.17, 15) is 0 Å². The number of nitrogens with zero attached hydrogens (tertiary/aromatic N) is 2. The van der Waals surface area contributed by atoms with Gasteiger partial charge in [-0.1, -0.05) is 20.8 Å². The molecule has 0 rings (SSSR count). The van der Waals surface area contributed by atoms with Crippen LogP contribution in [-0.2, 0) is 4.74 Å². The van der Waals surface area contributed by atoms with Crippen molar-refractivity contribution in [2.75, 3.05) is 47.9 Å². The predicted molar refractivity (Wildman–Crippen MR) is 94.0 cm³/mol. The third-order valence-corrected chi connectivity index (χ3v) is 4.35. The van der Waals surface area contributed by atoms with Crippen LogP contribution >= 0.6 is 0 Å². The molecule has 0 fully saturated rings. The lowest BCUT2D eigenvalue weighted by atomic mass is 9.81. The molecular formula is C18H40N2O. The molecule has 0 aliphatic rings. The van der Waals surface area contributed by atoms with Crippen molar-refractivity contribution in [1.29, 1.82) is 0 Å². The van der Waals surface area contributed by atoms with Crippen LogP contribution in [0.4, 0.5) is 0 Å². The quantitative estimate of drug-likeness (QED) is 0.513. The van der Waals surface area contributed by atoms with E-state index in [1.54, 1.807) is 0 Å². The lowest BCUT2D eigenvalue weighted by molar-refractivity contribution is -0.0155. The van der Waals surface area contributed by atoms with E-state index >= 15 is 0 Å². The molecule has 3 nitrogen and oxygen atoms in total. The van der Waals surface area contributed by atoms with Gasteiger partial charge in [-0.2, -0.15) is 0 Å². The number of hydrogen-bond donors (Lipinski definition) is 0. The van der Waals surface area contributed by atoms with Gasteiger partial charge in [0, 0.05) is 0 Å². The van der Waals surface area contributed by atoms with Crippen LogP contribution in [-0.4, -0.2) is 63.8 Å². The van der Waals surface area contributed by atoms with Crippen molar-refractivity contribution >= 4 is 0 Å². The van der Waals surface area contributed by atoms with Gasteiger partial charge in [0.05, 0.1) is 12.7 Å². The Morgan fingerprint density at radius 1 is 0.857 bits per heavy atom. The summed E-state index contributed by atoms with van der Waals surface area (Å²) in [6.07, 6.45) is 7.74.